The summed E-state index contributed by atoms with van der Waals surface area (Å²) in [6.45, 7) is 3.62. The molecule has 2 heterocycles. The number of thiophene rings is 1. The van der Waals surface area contributed by atoms with E-state index in [0.717, 1.165) is 35.3 Å². The Kier molecular flexibility index (Phi) is 6.16. The lowest BCUT2D eigenvalue weighted by atomic mass is 10.1. The number of sulfonamides is 1. The number of aryl methyl sites for hydroxylation is 2. The Hall–Kier alpha value is -2.27. The van der Waals surface area contributed by atoms with E-state index in [9.17, 15) is 18.0 Å². The monoisotopic (exact) mass is 462 g/mol. The standard InChI is InChI=1S/C21H26N4O4S2/c1-14-5-7-15(8-6-14)31(28,29)25-11-9-24(10-12-25)13-18(26)23-21-19(20(22)27)16-3-2-4-17(16)30-21/h5-8H,2-4,9-13H2,1H3,(H2,22,27)(H,23,26). The fourth-order valence-electron chi connectivity index (χ4n) is 4.11. The molecule has 2 aliphatic rings. The quantitative estimate of drug-likeness (QED) is 0.677. The topological polar surface area (TPSA) is 113 Å². The van der Waals surface area contributed by atoms with Crippen molar-refractivity contribution < 1.29 is 18.0 Å². The molecule has 1 saturated heterocycles. The second-order valence-electron chi connectivity index (χ2n) is 7.97. The molecule has 2 aromatic rings. The minimum absolute atomic E-state index is 0.138. The number of carbonyl (C=O) groups is 2. The molecule has 0 atom stereocenters. The number of carbonyl (C=O) groups excluding carboxylic acids is 2. The average molecular weight is 463 g/mol. The van der Waals surface area contributed by atoms with Crippen molar-refractivity contribution in [1.29, 1.82) is 0 Å². The first-order valence-corrected chi connectivity index (χ1v) is 12.5. The summed E-state index contributed by atoms with van der Waals surface area (Å²) >= 11 is 1.43. The van der Waals surface area contributed by atoms with E-state index >= 15 is 0 Å². The molecule has 10 heteroatoms. The number of piperazine rings is 1. The van der Waals surface area contributed by atoms with Gasteiger partial charge < -0.3 is 11.1 Å². The van der Waals surface area contributed by atoms with Gasteiger partial charge in [0, 0.05) is 31.1 Å². The smallest absolute Gasteiger partial charge is 0.251 e. The summed E-state index contributed by atoms with van der Waals surface area (Å²) in [5, 5.41) is 3.38. The van der Waals surface area contributed by atoms with Crippen molar-refractivity contribution in [2.24, 2.45) is 5.73 Å². The fourth-order valence-corrected chi connectivity index (χ4v) is 6.84. The van der Waals surface area contributed by atoms with Crippen molar-refractivity contribution in [3.05, 3.63) is 45.8 Å². The third-order valence-electron chi connectivity index (χ3n) is 5.78. The average Bonchev–Trinajstić information content (AvgIpc) is 3.29. The highest BCUT2D eigenvalue weighted by Crippen LogP contribution is 2.38. The van der Waals surface area contributed by atoms with E-state index in [4.69, 9.17) is 5.73 Å². The summed E-state index contributed by atoms with van der Waals surface area (Å²) < 4.78 is 27.1. The minimum Gasteiger partial charge on any atom is -0.365 e. The summed E-state index contributed by atoms with van der Waals surface area (Å²) in [4.78, 5) is 27.8. The molecule has 2 amide bonds. The molecule has 1 fully saturated rings. The summed E-state index contributed by atoms with van der Waals surface area (Å²) in [6, 6.07) is 6.82. The third kappa shape index (κ3) is 4.52. The maximum atomic E-state index is 12.8. The largest absolute Gasteiger partial charge is 0.365 e. The van der Waals surface area contributed by atoms with Crippen molar-refractivity contribution in [3.63, 3.8) is 0 Å². The van der Waals surface area contributed by atoms with Gasteiger partial charge in [-0.3, -0.25) is 14.5 Å². The van der Waals surface area contributed by atoms with Crippen LogP contribution in [0.3, 0.4) is 0 Å². The third-order valence-corrected chi connectivity index (χ3v) is 8.90. The van der Waals surface area contributed by atoms with Gasteiger partial charge in [-0.25, -0.2) is 8.42 Å². The molecular weight excluding hydrogens is 436 g/mol. The summed E-state index contributed by atoms with van der Waals surface area (Å²) in [7, 11) is -3.54. The second kappa shape index (κ2) is 8.70. The number of nitrogens with zero attached hydrogens (tertiary/aromatic N) is 2. The number of nitrogens with one attached hydrogen (secondary N) is 1. The van der Waals surface area contributed by atoms with Crippen LogP contribution in [-0.2, 0) is 27.7 Å². The number of benzene rings is 1. The molecule has 1 aromatic heterocycles. The number of anilines is 1. The maximum Gasteiger partial charge on any atom is 0.251 e. The summed E-state index contributed by atoms with van der Waals surface area (Å²) in [6.07, 6.45) is 2.73. The first kappa shape index (κ1) is 21.9. The van der Waals surface area contributed by atoms with Crippen molar-refractivity contribution in [2.75, 3.05) is 38.0 Å². The van der Waals surface area contributed by atoms with Gasteiger partial charge in [0.2, 0.25) is 15.9 Å². The summed E-state index contributed by atoms with van der Waals surface area (Å²) in [5.41, 5.74) is 7.97. The van der Waals surface area contributed by atoms with E-state index in [0.29, 0.717) is 36.7 Å². The molecule has 1 aromatic carbocycles. The molecule has 3 N–H and O–H groups in total. The molecule has 166 valence electrons. The van der Waals surface area contributed by atoms with E-state index in [1.165, 1.54) is 15.6 Å². The van der Waals surface area contributed by atoms with Crippen molar-refractivity contribution >= 4 is 38.2 Å². The van der Waals surface area contributed by atoms with Gasteiger partial charge in [0.15, 0.2) is 0 Å². The predicted molar refractivity (Wildman–Crippen MR) is 120 cm³/mol. The Morgan fingerprint density at radius 3 is 2.42 bits per heavy atom. The number of hydrogen-bond acceptors (Lipinski definition) is 6. The number of amides is 2. The van der Waals surface area contributed by atoms with Gasteiger partial charge in [0.05, 0.1) is 17.0 Å². The Morgan fingerprint density at radius 1 is 1.10 bits per heavy atom. The van der Waals surface area contributed by atoms with Gasteiger partial charge in [-0.2, -0.15) is 4.31 Å². The van der Waals surface area contributed by atoms with Crippen LogP contribution in [0.5, 0.6) is 0 Å². The fraction of sp³-hybridized carbons (Fsp3) is 0.429. The van der Waals surface area contributed by atoms with Crippen LogP contribution in [0, 0.1) is 6.92 Å². The molecule has 0 saturated carbocycles. The van der Waals surface area contributed by atoms with Crippen molar-refractivity contribution in [2.45, 2.75) is 31.1 Å². The first-order valence-electron chi connectivity index (χ1n) is 10.3. The highest BCUT2D eigenvalue weighted by molar-refractivity contribution is 7.89. The van der Waals surface area contributed by atoms with E-state index in [2.05, 4.69) is 5.32 Å². The van der Waals surface area contributed by atoms with Crippen LogP contribution >= 0.6 is 11.3 Å². The lowest BCUT2D eigenvalue weighted by Crippen LogP contribution is -2.50. The van der Waals surface area contributed by atoms with Gasteiger partial charge >= 0.3 is 0 Å². The second-order valence-corrected chi connectivity index (χ2v) is 11.0. The van der Waals surface area contributed by atoms with E-state index in [1.54, 1.807) is 24.3 Å². The summed E-state index contributed by atoms with van der Waals surface area (Å²) in [5.74, 6) is -0.734. The molecule has 4 rings (SSSR count). The molecule has 0 spiro atoms. The van der Waals surface area contributed by atoms with Gasteiger partial charge in [-0.05, 0) is 43.9 Å². The highest BCUT2D eigenvalue weighted by Gasteiger charge is 2.30. The minimum atomic E-state index is -3.54. The van der Waals surface area contributed by atoms with Crippen molar-refractivity contribution in [1.82, 2.24) is 9.21 Å². The zero-order chi connectivity index (χ0) is 22.2. The molecule has 1 aliphatic heterocycles. The normalized spacial score (nSPS) is 17.5. The van der Waals surface area contributed by atoms with Crippen LogP contribution in [0.2, 0.25) is 0 Å². The molecular formula is C21H26N4O4S2. The lowest BCUT2D eigenvalue weighted by Gasteiger charge is -2.33. The van der Waals surface area contributed by atoms with Crippen LogP contribution < -0.4 is 11.1 Å². The number of primary amides is 1. The maximum absolute atomic E-state index is 12.8. The van der Waals surface area contributed by atoms with Crippen LogP contribution in [0.1, 0.15) is 32.8 Å². The molecule has 8 nitrogen and oxygen atoms in total. The van der Waals surface area contributed by atoms with Gasteiger partial charge in [-0.15, -0.1) is 11.3 Å². The van der Waals surface area contributed by atoms with Crippen LogP contribution in [0.25, 0.3) is 0 Å². The Bertz CT molecular complexity index is 1100. The first-order chi connectivity index (χ1) is 14.8. The lowest BCUT2D eigenvalue weighted by molar-refractivity contribution is -0.117. The highest BCUT2D eigenvalue weighted by atomic mass is 32.2. The SMILES string of the molecule is Cc1ccc(S(=O)(=O)N2CCN(CC(=O)Nc3sc4c(c3C(N)=O)CCC4)CC2)cc1. The zero-order valence-electron chi connectivity index (χ0n) is 17.4. The van der Waals surface area contributed by atoms with Gasteiger partial charge in [0.25, 0.3) is 5.91 Å². The van der Waals surface area contributed by atoms with E-state index in [1.807, 2.05) is 11.8 Å². The Labute approximate surface area is 186 Å². The molecule has 31 heavy (non-hydrogen) atoms. The number of fused-ring (bicyclic) bond motifs is 1. The van der Waals surface area contributed by atoms with Crippen LogP contribution in [0.4, 0.5) is 5.00 Å². The molecule has 0 bridgehead atoms. The van der Waals surface area contributed by atoms with Crippen molar-refractivity contribution in [3.8, 4) is 0 Å². The van der Waals surface area contributed by atoms with E-state index in [-0.39, 0.29) is 17.3 Å². The zero-order valence-corrected chi connectivity index (χ0v) is 19.0. The number of nitrogens with two attached hydrogens (primary N) is 1. The predicted octanol–water partition coefficient (Wildman–Crippen LogP) is 1.59. The molecule has 1 aliphatic carbocycles. The molecule has 0 radical (unpaired) electrons. The Balaban J connectivity index is 1.35. The Morgan fingerprint density at radius 2 is 1.77 bits per heavy atom. The van der Waals surface area contributed by atoms with E-state index < -0.39 is 15.9 Å². The van der Waals surface area contributed by atoms with Gasteiger partial charge in [-0.1, -0.05) is 17.7 Å². The molecule has 0 unspecified atom stereocenters. The van der Waals surface area contributed by atoms with Gasteiger partial charge in [0.1, 0.15) is 5.00 Å². The van der Waals surface area contributed by atoms with Crippen LogP contribution in [0.15, 0.2) is 29.2 Å². The van der Waals surface area contributed by atoms with Crippen LogP contribution in [-0.4, -0.2) is 62.2 Å². The number of hydrogen-bond donors (Lipinski definition) is 2. The number of rotatable bonds is 6.